The highest BCUT2D eigenvalue weighted by Crippen LogP contribution is 2.16. The van der Waals surface area contributed by atoms with Gasteiger partial charge in [0, 0.05) is 19.6 Å². The molecule has 0 aromatic heterocycles. The molecule has 1 aliphatic heterocycles. The van der Waals surface area contributed by atoms with Crippen LogP contribution in [0.1, 0.15) is 232 Å². The summed E-state index contributed by atoms with van der Waals surface area (Å²) in [5, 5.41) is 2.70. The van der Waals surface area contributed by atoms with Gasteiger partial charge in [-0.05, 0) is 19.3 Å². The van der Waals surface area contributed by atoms with E-state index in [1.807, 2.05) is 0 Å². The second-order valence-corrected chi connectivity index (χ2v) is 15.5. The second-order valence-electron chi connectivity index (χ2n) is 15.5. The van der Waals surface area contributed by atoms with Crippen molar-refractivity contribution in [2.75, 3.05) is 26.4 Å². The van der Waals surface area contributed by atoms with Crippen LogP contribution in [-0.2, 0) is 23.8 Å². The summed E-state index contributed by atoms with van der Waals surface area (Å²) < 4.78 is 17.7. The molecule has 0 spiro atoms. The molecule has 0 aromatic carbocycles. The van der Waals surface area contributed by atoms with Crippen LogP contribution < -0.4 is 5.32 Å². The normalized spacial score (nSPS) is 15.1. The molecule has 2 atom stereocenters. The van der Waals surface area contributed by atoms with Crippen molar-refractivity contribution in [1.82, 2.24) is 5.32 Å². The Morgan fingerprint density at radius 3 is 1.26 bits per heavy atom. The quantitative estimate of drug-likeness (QED) is 0.0507. The molecule has 1 saturated heterocycles. The van der Waals surface area contributed by atoms with Crippen LogP contribution in [-0.4, -0.2) is 50.4 Å². The van der Waals surface area contributed by atoms with E-state index in [9.17, 15) is 9.59 Å². The fraction of sp³-hybridized carbons (Fsp3) is 0.955. The number of ether oxygens (including phenoxy) is 3. The maximum Gasteiger partial charge on any atom is 0.328 e. The first-order valence-corrected chi connectivity index (χ1v) is 22.3. The van der Waals surface area contributed by atoms with Crippen LogP contribution in [0.15, 0.2) is 0 Å². The molecule has 0 radical (unpaired) electrons. The molecule has 6 heteroatoms. The summed E-state index contributed by atoms with van der Waals surface area (Å²) in [6, 6.07) is -0.519. The van der Waals surface area contributed by atoms with Gasteiger partial charge in [-0.25, -0.2) is 4.79 Å². The van der Waals surface area contributed by atoms with E-state index in [4.69, 9.17) is 14.2 Å². The van der Waals surface area contributed by atoms with Crippen molar-refractivity contribution in [2.45, 2.75) is 244 Å². The smallest absolute Gasteiger partial charge is 0.328 e. The second kappa shape index (κ2) is 37.6. The van der Waals surface area contributed by atoms with Gasteiger partial charge >= 0.3 is 5.97 Å². The summed E-state index contributed by atoms with van der Waals surface area (Å²) in [5.74, 6) is -0.435. The lowest BCUT2D eigenvalue weighted by atomic mass is 10.0. The third kappa shape index (κ3) is 31.6. The predicted molar refractivity (Wildman–Crippen MR) is 212 cm³/mol. The van der Waals surface area contributed by atoms with Crippen LogP contribution in [0.5, 0.6) is 0 Å². The van der Waals surface area contributed by atoms with Crippen molar-refractivity contribution < 1.29 is 23.8 Å². The van der Waals surface area contributed by atoms with Crippen LogP contribution in [0, 0.1) is 0 Å². The Hall–Kier alpha value is -1.14. The van der Waals surface area contributed by atoms with E-state index in [0.29, 0.717) is 26.1 Å². The van der Waals surface area contributed by atoms with Crippen molar-refractivity contribution in [3.8, 4) is 0 Å². The van der Waals surface area contributed by atoms with E-state index in [1.165, 1.54) is 193 Å². The van der Waals surface area contributed by atoms with Crippen LogP contribution >= 0.6 is 0 Å². The molecular formula is C44H85NO5. The molecule has 0 aliphatic carbocycles. The number of hydrogen-bond donors (Lipinski definition) is 1. The third-order valence-electron chi connectivity index (χ3n) is 10.5. The summed E-state index contributed by atoms with van der Waals surface area (Å²) >= 11 is 0. The minimum absolute atomic E-state index is 0.0783. The van der Waals surface area contributed by atoms with Crippen molar-refractivity contribution in [2.24, 2.45) is 0 Å². The van der Waals surface area contributed by atoms with E-state index < -0.39 is 6.04 Å². The molecule has 1 rings (SSSR count). The molecule has 50 heavy (non-hydrogen) atoms. The maximum atomic E-state index is 12.4. The van der Waals surface area contributed by atoms with Crippen LogP contribution in [0.3, 0.4) is 0 Å². The van der Waals surface area contributed by atoms with Gasteiger partial charge in [0.15, 0.2) is 0 Å². The van der Waals surface area contributed by atoms with Crippen molar-refractivity contribution >= 4 is 11.9 Å². The fourth-order valence-corrected chi connectivity index (χ4v) is 7.08. The average molecular weight is 708 g/mol. The van der Waals surface area contributed by atoms with Gasteiger partial charge in [-0.1, -0.05) is 206 Å². The highest BCUT2D eigenvalue weighted by Gasteiger charge is 2.29. The first-order chi connectivity index (χ1) is 24.7. The summed E-state index contributed by atoms with van der Waals surface area (Å²) in [4.78, 5) is 23.9. The Labute approximate surface area is 311 Å². The number of carbonyl (C=O) groups excluding carboxylic acids is 2. The average Bonchev–Trinajstić information content (AvgIpc) is 3.57. The van der Waals surface area contributed by atoms with Gasteiger partial charge in [-0.15, -0.1) is 0 Å². The zero-order valence-electron chi connectivity index (χ0n) is 33.6. The summed E-state index contributed by atoms with van der Waals surface area (Å²) in [6.45, 7) is 6.60. The van der Waals surface area contributed by atoms with Crippen molar-refractivity contribution in [1.29, 1.82) is 0 Å². The van der Waals surface area contributed by atoms with Crippen molar-refractivity contribution in [3.63, 3.8) is 0 Å². The fourth-order valence-electron chi connectivity index (χ4n) is 7.08. The van der Waals surface area contributed by atoms with Crippen LogP contribution in [0.2, 0.25) is 0 Å². The molecular weight excluding hydrogens is 622 g/mol. The molecule has 0 bridgehead atoms. The number of carbonyl (C=O) groups is 2. The van der Waals surface area contributed by atoms with Gasteiger partial charge in [-0.2, -0.15) is 0 Å². The predicted octanol–water partition coefficient (Wildman–Crippen LogP) is 12.7. The van der Waals surface area contributed by atoms with E-state index in [-0.39, 0.29) is 24.6 Å². The van der Waals surface area contributed by atoms with Gasteiger partial charge in [0.2, 0.25) is 5.91 Å². The number of esters is 1. The largest absolute Gasteiger partial charge is 0.461 e. The highest BCUT2D eigenvalue weighted by molar-refractivity contribution is 5.88. The molecule has 6 nitrogen and oxygen atoms in total. The van der Waals surface area contributed by atoms with Gasteiger partial charge in [0.1, 0.15) is 18.8 Å². The topological polar surface area (TPSA) is 73.9 Å². The van der Waals surface area contributed by atoms with Gasteiger partial charge in [0.05, 0.1) is 6.61 Å². The molecule has 1 aliphatic rings. The Morgan fingerprint density at radius 2 is 0.900 bits per heavy atom. The third-order valence-corrected chi connectivity index (χ3v) is 10.5. The molecule has 0 saturated carbocycles. The zero-order chi connectivity index (χ0) is 36.0. The summed E-state index contributed by atoms with van der Waals surface area (Å²) in [6.07, 6.45) is 44.0. The molecule has 1 heterocycles. The Bertz CT molecular complexity index is 731. The number of rotatable bonds is 40. The van der Waals surface area contributed by atoms with Gasteiger partial charge in [-0.3, -0.25) is 4.79 Å². The number of unbranched alkanes of at least 4 members (excludes halogenated alkanes) is 30. The molecule has 1 fully saturated rings. The SMILES string of the molecule is CCCCCCCCCCCCCCCCCCOCC(COC(=O)C1CCC(=O)N1)OCCCCCCCCCCCCCCCCCC. The standard InChI is InChI=1S/C44H85NO5/c1-3-5-7-9-11-13-15-17-19-21-23-25-27-29-31-33-37-48-39-41(40-50-44(47)42-35-36-43(46)45-42)49-38-34-32-30-28-26-24-22-20-18-16-14-12-10-8-6-4-2/h41-42H,3-40H2,1-2H3,(H,45,46). The van der Waals surface area contributed by atoms with Crippen LogP contribution in [0.25, 0.3) is 0 Å². The van der Waals surface area contributed by atoms with E-state index in [1.54, 1.807) is 0 Å². The molecule has 1 N–H and O–H groups in total. The lowest BCUT2D eigenvalue weighted by Crippen LogP contribution is -2.37. The molecule has 1 amide bonds. The Kier molecular flexibility index (Phi) is 35.3. The number of hydrogen-bond acceptors (Lipinski definition) is 5. The zero-order valence-corrected chi connectivity index (χ0v) is 33.6. The van der Waals surface area contributed by atoms with Crippen molar-refractivity contribution in [3.05, 3.63) is 0 Å². The number of amides is 1. The van der Waals surface area contributed by atoms with E-state index in [2.05, 4.69) is 19.2 Å². The van der Waals surface area contributed by atoms with Crippen LogP contribution in [0.4, 0.5) is 0 Å². The maximum absolute atomic E-state index is 12.4. The summed E-state index contributed by atoms with van der Waals surface area (Å²) in [7, 11) is 0. The molecule has 0 aromatic rings. The first-order valence-electron chi connectivity index (χ1n) is 22.3. The lowest BCUT2D eigenvalue weighted by molar-refractivity contribution is -0.152. The Balaban J connectivity index is 2.04. The van der Waals surface area contributed by atoms with Gasteiger partial charge < -0.3 is 19.5 Å². The monoisotopic (exact) mass is 708 g/mol. The Morgan fingerprint density at radius 1 is 0.540 bits per heavy atom. The molecule has 2 unspecified atom stereocenters. The minimum Gasteiger partial charge on any atom is -0.461 e. The van der Waals surface area contributed by atoms with Gasteiger partial charge in [0.25, 0.3) is 0 Å². The first kappa shape index (κ1) is 46.9. The highest BCUT2D eigenvalue weighted by atomic mass is 16.6. The molecule has 296 valence electrons. The number of nitrogens with one attached hydrogen (secondary N) is 1. The summed E-state index contributed by atoms with van der Waals surface area (Å²) in [5.41, 5.74) is 0. The lowest BCUT2D eigenvalue weighted by Gasteiger charge is -2.19. The minimum atomic E-state index is -0.519. The van der Waals surface area contributed by atoms with E-state index in [0.717, 1.165) is 19.4 Å². The van der Waals surface area contributed by atoms with E-state index >= 15 is 0 Å².